The molecule has 1 aromatic carbocycles. The van der Waals surface area contributed by atoms with E-state index in [0.29, 0.717) is 12.3 Å². The first-order valence-electron chi connectivity index (χ1n) is 6.66. The Morgan fingerprint density at radius 1 is 1.39 bits per heavy atom. The summed E-state index contributed by atoms with van der Waals surface area (Å²) in [4.78, 5) is 0. The van der Waals surface area contributed by atoms with Crippen LogP contribution >= 0.6 is 0 Å². The quantitative estimate of drug-likeness (QED) is 0.742. The Labute approximate surface area is 110 Å². The molecule has 96 valence electrons. The number of hydrogen-bond acceptors (Lipinski definition) is 2. The van der Waals surface area contributed by atoms with Crippen molar-refractivity contribution in [2.24, 2.45) is 0 Å². The summed E-state index contributed by atoms with van der Waals surface area (Å²) in [6.07, 6.45) is 2.67. The number of ether oxygens (including phenoxy) is 1. The average Bonchev–Trinajstić information content (AvgIpc) is 2.51. The van der Waals surface area contributed by atoms with Gasteiger partial charge in [-0.1, -0.05) is 32.9 Å². The van der Waals surface area contributed by atoms with Crippen molar-refractivity contribution in [1.29, 1.82) is 5.26 Å². The van der Waals surface area contributed by atoms with Gasteiger partial charge < -0.3 is 4.74 Å². The molecule has 0 saturated carbocycles. The molecule has 1 aliphatic rings. The zero-order valence-electron chi connectivity index (χ0n) is 11.5. The van der Waals surface area contributed by atoms with Crippen molar-refractivity contribution in [1.82, 2.24) is 0 Å². The molecule has 1 heterocycles. The molecular weight excluding hydrogens is 222 g/mol. The molecule has 0 saturated heterocycles. The van der Waals surface area contributed by atoms with Gasteiger partial charge in [-0.3, -0.25) is 0 Å². The van der Waals surface area contributed by atoms with Crippen molar-refractivity contribution in [3.8, 4) is 11.8 Å². The summed E-state index contributed by atoms with van der Waals surface area (Å²) in [5, 5.41) is 8.97. The van der Waals surface area contributed by atoms with E-state index in [1.54, 1.807) is 0 Å². The predicted octanol–water partition coefficient (Wildman–Crippen LogP) is 4.15. The van der Waals surface area contributed by atoms with Gasteiger partial charge in [-0.25, -0.2) is 0 Å². The van der Waals surface area contributed by atoms with Gasteiger partial charge in [0.1, 0.15) is 5.75 Å². The Kier molecular flexibility index (Phi) is 3.61. The van der Waals surface area contributed by atoms with E-state index in [9.17, 15) is 0 Å². The monoisotopic (exact) mass is 243 g/mol. The van der Waals surface area contributed by atoms with Crippen molar-refractivity contribution in [3.05, 3.63) is 29.3 Å². The third-order valence-electron chi connectivity index (χ3n) is 3.61. The van der Waals surface area contributed by atoms with Crippen LogP contribution in [-0.2, 0) is 5.41 Å². The van der Waals surface area contributed by atoms with Gasteiger partial charge in [-0.05, 0) is 35.4 Å². The van der Waals surface area contributed by atoms with Crippen LogP contribution in [0.15, 0.2) is 18.2 Å². The van der Waals surface area contributed by atoms with Gasteiger partial charge in [-0.15, -0.1) is 0 Å². The predicted molar refractivity (Wildman–Crippen MR) is 72.8 cm³/mol. The van der Waals surface area contributed by atoms with Crippen LogP contribution in [-0.4, -0.2) is 6.61 Å². The van der Waals surface area contributed by atoms with E-state index < -0.39 is 0 Å². The summed E-state index contributed by atoms with van der Waals surface area (Å²) in [7, 11) is 0. The molecule has 18 heavy (non-hydrogen) atoms. The molecule has 0 N–H and O–H groups in total. The highest BCUT2D eigenvalue weighted by atomic mass is 16.5. The molecule has 1 aliphatic heterocycles. The normalized spacial score (nSPS) is 19.3. The maximum absolute atomic E-state index is 8.97. The molecule has 0 radical (unpaired) electrons. The molecule has 2 rings (SSSR count). The van der Waals surface area contributed by atoms with Crippen LogP contribution in [0.4, 0.5) is 0 Å². The molecule has 0 fully saturated rings. The minimum absolute atomic E-state index is 0.137. The minimum atomic E-state index is 0.137. The SMILES string of the molecule is CC(C)(C)c1ccc2c(c1)C(CC#N)CCCO2. The van der Waals surface area contributed by atoms with Gasteiger partial charge in [-0.2, -0.15) is 5.26 Å². The lowest BCUT2D eigenvalue weighted by Crippen LogP contribution is -2.12. The van der Waals surface area contributed by atoms with Crippen molar-refractivity contribution in [2.45, 2.75) is 51.4 Å². The first-order chi connectivity index (χ1) is 8.52. The third-order valence-corrected chi connectivity index (χ3v) is 3.61. The fraction of sp³-hybridized carbons (Fsp3) is 0.562. The van der Waals surface area contributed by atoms with E-state index in [1.165, 1.54) is 11.1 Å². The molecule has 0 spiro atoms. The lowest BCUT2D eigenvalue weighted by atomic mass is 9.83. The van der Waals surface area contributed by atoms with Crippen LogP contribution in [0.5, 0.6) is 5.75 Å². The number of fused-ring (bicyclic) bond motifs is 1. The van der Waals surface area contributed by atoms with Crippen LogP contribution in [0.2, 0.25) is 0 Å². The first-order valence-corrected chi connectivity index (χ1v) is 6.66. The fourth-order valence-electron chi connectivity index (χ4n) is 2.46. The third kappa shape index (κ3) is 2.67. The van der Waals surface area contributed by atoms with E-state index in [4.69, 9.17) is 10.00 Å². The number of rotatable bonds is 1. The highest BCUT2D eigenvalue weighted by Crippen LogP contribution is 2.37. The van der Waals surface area contributed by atoms with E-state index in [1.807, 2.05) is 0 Å². The summed E-state index contributed by atoms with van der Waals surface area (Å²) in [5.74, 6) is 1.30. The lowest BCUT2D eigenvalue weighted by molar-refractivity contribution is 0.316. The zero-order valence-corrected chi connectivity index (χ0v) is 11.5. The van der Waals surface area contributed by atoms with E-state index in [2.05, 4.69) is 45.0 Å². The molecule has 2 heteroatoms. The first kappa shape index (κ1) is 13.0. The smallest absolute Gasteiger partial charge is 0.122 e. The highest BCUT2D eigenvalue weighted by molar-refractivity contribution is 5.42. The Bertz CT molecular complexity index is 465. The van der Waals surface area contributed by atoms with Gasteiger partial charge in [0.15, 0.2) is 0 Å². The van der Waals surface area contributed by atoms with Crippen LogP contribution in [0, 0.1) is 11.3 Å². The molecule has 1 unspecified atom stereocenters. The van der Waals surface area contributed by atoms with E-state index >= 15 is 0 Å². The molecule has 0 amide bonds. The highest BCUT2D eigenvalue weighted by Gasteiger charge is 2.22. The number of nitriles is 1. The van der Waals surface area contributed by atoms with Crippen molar-refractivity contribution in [3.63, 3.8) is 0 Å². The van der Waals surface area contributed by atoms with E-state index in [0.717, 1.165) is 25.2 Å². The van der Waals surface area contributed by atoms with Crippen molar-refractivity contribution in [2.75, 3.05) is 6.61 Å². The van der Waals surface area contributed by atoms with Gasteiger partial charge >= 0.3 is 0 Å². The maximum Gasteiger partial charge on any atom is 0.122 e. The average molecular weight is 243 g/mol. The molecule has 0 bridgehead atoms. The standard InChI is InChI=1S/C16H21NO/c1-16(2,3)13-6-7-15-14(11-13)12(8-9-17)5-4-10-18-15/h6-7,11-12H,4-5,8,10H2,1-3H3. The Morgan fingerprint density at radius 2 is 2.17 bits per heavy atom. The van der Waals surface area contributed by atoms with Crippen LogP contribution < -0.4 is 4.74 Å². The van der Waals surface area contributed by atoms with Crippen LogP contribution in [0.25, 0.3) is 0 Å². The summed E-state index contributed by atoms with van der Waals surface area (Å²) in [6.45, 7) is 7.41. The van der Waals surface area contributed by atoms with Gasteiger partial charge in [0.05, 0.1) is 12.7 Å². The Morgan fingerprint density at radius 3 is 2.83 bits per heavy atom. The largest absolute Gasteiger partial charge is 0.493 e. The summed E-state index contributed by atoms with van der Waals surface area (Å²) >= 11 is 0. The van der Waals surface area contributed by atoms with Gasteiger partial charge in [0.2, 0.25) is 0 Å². The summed E-state index contributed by atoms with van der Waals surface area (Å²) in [6, 6.07) is 8.77. The molecule has 2 nitrogen and oxygen atoms in total. The maximum atomic E-state index is 8.97. The Balaban J connectivity index is 2.43. The van der Waals surface area contributed by atoms with Crippen molar-refractivity contribution >= 4 is 0 Å². The second-order valence-electron chi connectivity index (χ2n) is 6.05. The van der Waals surface area contributed by atoms with E-state index in [-0.39, 0.29) is 5.41 Å². The minimum Gasteiger partial charge on any atom is -0.493 e. The van der Waals surface area contributed by atoms with Crippen LogP contribution in [0.3, 0.4) is 0 Å². The number of nitrogens with zero attached hydrogens (tertiary/aromatic N) is 1. The summed E-state index contributed by atoms with van der Waals surface area (Å²) < 4.78 is 5.78. The number of benzene rings is 1. The Hall–Kier alpha value is -1.49. The van der Waals surface area contributed by atoms with Crippen molar-refractivity contribution < 1.29 is 4.74 Å². The second-order valence-corrected chi connectivity index (χ2v) is 6.05. The lowest BCUT2D eigenvalue weighted by Gasteiger charge is -2.22. The molecule has 0 aliphatic carbocycles. The molecule has 1 atom stereocenters. The zero-order chi connectivity index (χ0) is 13.2. The summed E-state index contributed by atoms with van der Waals surface area (Å²) in [5.41, 5.74) is 2.68. The topological polar surface area (TPSA) is 33.0 Å². The second kappa shape index (κ2) is 5.02. The fourth-order valence-corrected chi connectivity index (χ4v) is 2.46. The van der Waals surface area contributed by atoms with Gasteiger partial charge in [0.25, 0.3) is 0 Å². The molecular formula is C16H21NO. The van der Waals surface area contributed by atoms with Gasteiger partial charge in [0, 0.05) is 12.3 Å². The van der Waals surface area contributed by atoms with Crippen LogP contribution in [0.1, 0.15) is 57.1 Å². The molecule has 1 aromatic rings. The number of hydrogen-bond donors (Lipinski definition) is 0. The molecule has 0 aromatic heterocycles.